The fraction of sp³-hybridized carbons (Fsp3) is 0.190. The van der Waals surface area contributed by atoms with E-state index in [0.717, 1.165) is 25.9 Å². The summed E-state index contributed by atoms with van der Waals surface area (Å²) < 4.78 is 1.46. The minimum Gasteiger partial charge on any atom is -0.508 e. The quantitative estimate of drug-likeness (QED) is 0.633. The summed E-state index contributed by atoms with van der Waals surface area (Å²) >= 11 is 12.4. The largest absolute Gasteiger partial charge is 0.508 e. The van der Waals surface area contributed by atoms with Crippen LogP contribution in [0.5, 0.6) is 5.75 Å². The summed E-state index contributed by atoms with van der Waals surface area (Å²) in [6, 6.07) is 13.3. The maximum absolute atomic E-state index is 12.9. The number of nitriles is 1. The molecular weight excluding hydrogens is 425 g/mol. The molecule has 0 radical (unpaired) electrons. The Kier molecular flexibility index (Phi) is 5.64. The maximum atomic E-state index is 12.9. The molecule has 1 fully saturated rings. The van der Waals surface area contributed by atoms with Crippen LogP contribution in [-0.2, 0) is 0 Å². The van der Waals surface area contributed by atoms with E-state index in [2.05, 4.69) is 16.6 Å². The Labute approximate surface area is 183 Å². The van der Waals surface area contributed by atoms with Crippen LogP contribution in [-0.4, -0.2) is 38.9 Å². The van der Waals surface area contributed by atoms with E-state index in [9.17, 15) is 15.2 Å². The number of benzene rings is 2. The number of carbonyl (C=O) groups excluding carboxylic acids is 1. The number of hydrazine groups is 1. The Bertz CT molecular complexity index is 1150. The van der Waals surface area contributed by atoms with Crippen molar-refractivity contribution < 1.29 is 9.90 Å². The highest BCUT2D eigenvalue weighted by Gasteiger charge is 2.27. The molecule has 30 heavy (non-hydrogen) atoms. The van der Waals surface area contributed by atoms with Crippen molar-refractivity contribution in [3.63, 3.8) is 0 Å². The SMILES string of the molecule is N#Cc1c(C(=O)NN2CCCC2)nn(-c2ccc(Cl)cc2Cl)c1-c1ccc(O)cc1. The van der Waals surface area contributed by atoms with Gasteiger partial charge in [-0.3, -0.25) is 10.2 Å². The van der Waals surface area contributed by atoms with E-state index in [1.165, 1.54) is 16.8 Å². The van der Waals surface area contributed by atoms with Crippen LogP contribution in [0.3, 0.4) is 0 Å². The van der Waals surface area contributed by atoms with Crippen LogP contribution in [0.2, 0.25) is 10.0 Å². The molecule has 0 unspecified atom stereocenters. The van der Waals surface area contributed by atoms with Crippen LogP contribution in [0.1, 0.15) is 28.9 Å². The van der Waals surface area contributed by atoms with Crippen molar-refractivity contribution in [3.05, 3.63) is 63.8 Å². The van der Waals surface area contributed by atoms with Gasteiger partial charge in [0.1, 0.15) is 17.4 Å². The molecule has 1 amide bonds. The van der Waals surface area contributed by atoms with Crippen LogP contribution >= 0.6 is 23.2 Å². The molecule has 9 heteroatoms. The Hall–Kier alpha value is -3.05. The highest BCUT2D eigenvalue weighted by Crippen LogP contribution is 2.33. The topological polar surface area (TPSA) is 94.2 Å². The summed E-state index contributed by atoms with van der Waals surface area (Å²) in [6.45, 7) is 1.50. The zero-order chi connectivity index (χ0) is 21.3. The van der Waals surface area contributed by atoms with Gasteiger partial charge in [-0.25, -0.2) is 9.69 Å². The minimum absolute atomic E-state index is 0.00140. The Morgan fingerprint density at radius 2 is 1.83 bits per heavy atom. The summed E-state index contributed by atoms with van der Waals surface area (Å²) in [6.07, 6.45) is 2.00. The Morgan fingerprint density at radius 3 is 2.47 bits per heavy atom. The second kappa shape index (κ2) is 8.36. The number of hydrogen-bond donors (Lipinski definition) is 2. The van der Waals surface area contributed by atoms with Crippen LogP contribution in [0.15, 0.2) is 42.5 Å². The minimum atomic E-state index is -0.461. The van der Waals surface area contributed by atoms with E-state index >= 15 is 0 Å². The standard InChI is InChI=1S/C21H17Cl2N5O2/c22-14-5-8-18(17(23)11-14)28-20(13-3-6-15(29)7-4-13)16(12-24)19(25-28)21(30)26-27-9-1-2-10-27/h3-8,11,29H,1-2,9-10H2,(H,26,30). The van der Waals surface area contributed by atoms with E-state index in [4.69, 9.17) is 23.2 Å². The maximum Gasteiger partial charge on any atom is 0.287 e. The number of halogens is 2. The number of nitrogens with one attached hydrogen (secondary N) is 1. The fourth-order valence-electron chi connectivity index (χ4n) is 3.42. The predicted octanol–water partition coefficient (Wildman–Crippen LogP) is 4.16. The van der Waals surface area contributed by atoms with Gasteiger partial charge in [0.25, 0.3) is 5.91 Å². The third kappa shape index (κ3) is 3.85. The lowest BCUT2D eigenvalue weighted by molar-refractivity contribution is 0.0819. The smallest absolute Gasteiger partial charge is 0.287 e. The van der Waals surface area contributed by atoms with Gasteiger partial charge in [0.05, 0.1) is 16.4 Å². The lowest BCUT2D eigenvalue weighted by Crippen LogP contribution is -2.40. The summed E-state index contributed by atoms with van der Waals surface area (Å²) in [5, 5.41) is 26.6. The molecule has 2 N–H and O–H groups in total. The number of phenols is 1. The number of rotatable bonds is 4. The summed E-state index contributed by atoms with van der Waals surface area (Å²) in [7, 11) is 0. The van der Waals surface area contributed by atoms with Crippen LogP contribution in [0.4, 0.5) is 0 Å². The van der Waals surface area contributed by atoms with Crippen LogP contribution in [0, 0.1) is 11.3 Å². The average Bonchev–Trinajstić information content (AvgIpc) is 3.36. The first-order valence-corrected chi connectivity index (χ1v) is 10.1. The van der Waals surface area contributed by atoms with Crippen molar-refractivity contribution >= 4 is 29.1 Å². The third-order valence-corrected chi connectivity index (χ3v) is 5.39. The molecule has 4 rings (SSSR count). The van der Waals surface area contributed by atoms with Gasteiger partial charge < -0.3 is 5.11 Å². The molecule has 2 aromatic carbocycles. The second-order valence-corrected chi connectivity index (χ2v) is 7.72. The van der Waals surface area contributed by atoms with Gasteiger partial charge in [0.2, 0.25) is 0 Å². The molecule has 0 spiro atoms. The number of nitrogens with zero attached hydrogens (tertiary/aromatic N) is 4. The van der Waals surface area contributed by atoms with Crippen molar-refractivity contribution in [2.45, 2.75) is 12.8 Å². The van der Waals surface area contributed by atoms with Gasteiger partial charge >= 0.3 is 0 Å². The van der Waals surface area contributed by atoms with Crippen molar-refractivity contribution in [2.75, 3.05) is 13.1 Å². The third-order valence-electron chi connectivity index (χ3n) is 4.86. The predicted molar refractivity (Wildman–Crippen MR) is 114 cm³/mol. The molecule has 1 aliphatic rings. The van der Waals surface area contributed by atoms with E-state index in [1.807, 2.05) is 5.01 Å². The van der Waals surface area contributed by atoms with Gasteiger partial charge in [-0.15, -0.1) is 0 Å². The van der Waals surface area contributed by atoms with Gasteiger partial charge in [-0.2, -0.15) is 10.4 Å². The highest BCUT2D eigenvalue weighted by atomic mass is 35.5. The Balaban J connectivity index is 1.89. The van der Waals surface area contributed by atoms with Gasteiger partial charge in [0, 0.05) is 23.7 Å². The number of amides is 1. The van der Waals surface area contributed by atoms with Crippen molar-refractivity contribution in [1.82, 2.24) is 20.2 Å². The zero-order valence-corrected chi connectivity index (χ0v) is 17.3. The van der Waals surface area contributed by atoms with E-state index < -0.39 is 5.91 Å². The fourth-order valence-corrected chi connectivity index (χ4v) is 3.91. The van der Waals surface area contributed by atoms with Gasteiger partial charge in [0.15, 0.2) is 5.69 Å². The first kappa shape index (κ1) is 20.2. The molecule has 0 atom stereocenters. The molecule has 1 aromatic heterocycles. The van der Waals surface area contributed by atoms with E-state index in [1.54, 1.807) is 30.3 Å². The number of aromatic hydroxyl groups is 1. The molecule has 2 heterocycles. The van der Waals surface area contributed by atoms with Crippen LogP contribution < -0.4 is 5.43 Å². The summed E-state index contributed by atoms with van der Waals surface area (Å²) in [4.78, 5) is 12.9. The molecule has 3 aromatic rings. The van der Waals surface area contributed by atoms with Gasteiger partial charge in [-0.1, -0.05) is 23.2 Å². The summed E-state index contributed by atoms with van der Waals surface area (Å²) in [5.74, 6) is -0.378. The van der Waals surface area contributed by atoms with Gasteiger partial charge in [-0.05, 0) is 55.3 Å². The zero-order valence-electron chi connectivity index (χ0n) is 15.8. The molecular formula is C21H17Cl2N5O2. The lowest BCUT2D eigenvalue weighted by atomic mass is 10.1. The average molecular weight is 442 g/mol. The first-order valence-electron chi connectivity index (χ1n) is 9.32. The number of aromatic nitrogens is 2. The molecule has 0 saturated carbocycles. The monoisotopic (exact) mass is 441 g/mol. The highest BCUT2D eigenvalue weighted by molar-refractivity contribution is 6.35. The molecule has 1 saturated heterocycles. The molecule has 1 aliphatic heterocycles. The lowest BCUT2D eigenvalue weighted by Gasteiger charge is -2.15. The first-order chi connectivity index (χ1) is 14.5. The molecule has 0 bridgehead atoms. The van der Waals surface area contributed by atoms with Crippen molar-refractivity contribution in [2.24, 2.45) is 0 Å². The van der Waals surface area contributed by atoms with Crippen molar-refractivity contribution in [3.8, 4) is 28.8 Å². The van der Waals surface area contributed by atoms with Crippen LogP contribution in [0.25, 0.3) is 16.9 Å². The number of carbonyl (C=O) groups is 1. The number of phenolic OH excluding ortho intramolecular Hbond substituents is 1. The van der Waals surface area contributed by atoms with E-state index in [0.29, 0.717) is 27.0 Å². The normalized spacial score (nSPS) is 13.9. The molecule has 152 valence electrons. The molecule has 7 nitrogen and oxygen atoms in total. The number of hydrogen-bond acceptors (Lipinski definition) is 5. The van der Waals surface area contributed by atoms with E-state index in [-0.39, 0.29) is 17.0 Å². The Morgan fingerprint density at radius 1 is 1.13 bits per heavy atom. The van der Waals surface area contributed by atoms with Crippen molar-refractivity contribution in [1.29, 1.82) is 5.26 Å². The molecule has 0 aliphatic carbocycles. The second-order valence-electron chi connectivity index (χ2n) is 6.87. The summed E-state index contributed by atoms with van der Waals surface area (Å²) in [5.41, 5.74) is 4.40.